The number of rotatable bonds is 3. The molecule has 0 fully saturated rings. The van der Waals surface area contributed by atoms with E-state index in [4.69, 9.17) is 0 Å². The highest BCUT2D eigenvalue weighted by atomic mass is 16.1. The van der Waals surface area contributed by atoms with Crippen molar-refractivity contribution in [1.29, 1.82) is 0 Å². The van der Waals surface area contributed by atoms with Crippen molar-refractivity contribution in [2.75, 3.05) is 5.32 Å². The van der Waals surface area contributed by atoms with Crippen molar-refractivity contribution in [3.8, 4) is 0 Å². The van der Waals surface area contributed by atoms with Crippen LogP contribution in [0.25, 0.3) is 0 Å². The van der Waals surface area contributed by atoms with Crippen molar-refractivity contribution in [1.82, 2.24) is 15.4 Å². The molecule has 0 saturated heterocycles. The topological polar surface area (TPSA) is 70.7 Å². The fourth-order valence-electron chi connectivity index (χ4n) is 0.694. The number of H-pyrrole nitrogens is 1. The van der Waals surface area contributed by atoms with E-state index in [9.17, 15) is 4.79 Å². The maximum atomic E-state index is 10.9. The summed E-state index contributed by atoms with van der Waals surface area (Å²) in [5, 5.41) is 12.2. The Balaban J connectivity index is 2.37. The molecule has 1 aromatic rings. The van der Waals surface area contributed by atoms with Crippen molar-refractivity contribution in [3.05, 3.63) is 6.20 Å². The van der Waals surface area contributed by atoms with Gasteiger partial charge in [0.25, 0.3) is 0 Å². The quantitative estimate of drug-likeness (QED) is 0.667. The Morgan fingerprint density at radius 1 is 1.82 bits per heavy atom. The number of hydrogen-bond donors (Lipinski definition) is 2. The second kappa shape index (κ2) is 3.70. The summed E-state index contributed by atoms with van der Waals surface area (Å²) in [6.45, 7) is 1.95. The third-order valence-corrected chi connectivity index (χ3v) is 1.16. The second-order valence-corrected chi connectivity index (χ2v) is 2.15. The number of nitrogens with zero attached hydrogens (tertiary/aromatic N) is 2. The molecule has 0 aliphatic carbocycles. The van der Waals surface area contributed by atoms with E-state index in [0.29, 0.717) is 12.2 Å². The molecule has 0 atom stereocenters. The van der Waals surface area contributed by atoms with Crippen molar-refractivity contribution in [2.45, 2.75) is 19.8 Å². The van der Waals surface area contributed by atoms with E-state index < -0.39 is 0 Å². The Bertz CT molecular complexity index is 218. The lowest BCUT2D eigenvalue weighted by atomic mass is 10.3. The van der Waals surface area contributed by atoms with E-state index in [1.165, 1.54) is 6.20 Å². The molecule has 1 heterocycles. The molecular formula is C6H10N4O. The molecule has 0 spiro atoms. The molecule has 11 heavy (non-hydrogen) atoms. The predicted octanol–water partition coefficient (Wildman–Crippen LogP) is 0.543. The van der Waals surface area contributed by atoms with Gasteiger partial charge in [-0.05, 0) is 6.42 Å². The van der Waals surface area contributed by atoms with Gasteiger partial charge in [-0.15, -0.1) is 5.10 Å². The smallest absolute Gasteiger partial charge is 0.225 e. The number of amides is 1. The highest BCUT2D eigenvalue weighted by molar-refractivity contribution is 5.89. The van der Waals surface area contributed by atoms with Crippen LogP contribution >= 0.6 is 0 Å². The molecule has 5 heteroatoms. The van der Waals surface area contributed by atoms with E-state index in [-0.39, 0.29) is 5.91 Å². The first-order valence-corrected chi connectivity index (χ1v) is 3.48. The molecule has 0 aliphatic rings. The van der Waals surface area contributed by atoms with Crippen LogP contribution in [0.2, 0.25) is 0 Å². The van der Waals surface area contributed by atoms with Gasteiger partial charge >= 0.3 is 0 Å². The third-order valence-electron chi connectivity index (χ3n) is 1.16. The van der Waals surface area contributed by atoms with Gasteiger partial charge in [-0.25, -0.2) is 0 Å². The van der Waals surface area contributed by atoms with Crippen molar-refractivity contribution < 1.29 is 4.79 Å². The molecule has 1 amide bonds. The number of carbonyl (C=O) groups is 1. The molecule has 1 aromatic heterocycles. The minimum Gasteiger partial charge on any atom is -0.308 e. The molecule has 60 valence electrons. The summed E-state index contributed by atoms with van der Waals surface area (Å²) in [6, 6.07) is 0. The fraction of sp³-hybridized carbons (Fsp3) is 0.500. The van der Waals surface area contributed by atoms with Crippen molar-refractivity contribution in [3.63, 3.8) is 0 Å². The van der Waals surface area contributed by atoms with Gasteiger partial charge in [0.1, 0.15) is 0 Å². The van der Waals surface area contributed by atoms with Gasteiger partial charge in [0.2, 0.25) is 5.91 Å². The first kappa shape index (κ1) is 7.71. The number of nitrogens with one attached hydrogen (secondary N) is 2. The molecule has 5 nitrogen and oxygen atoms in total. The summed E-state index contributed by atoms with van der Waals surface area (Å²) in [5.74, 6) is 0.449. The van der Waals surface area contributed by atoms with Crippen LogP contribution in [0.3, 0.4) is 0 Å². The molecule has 0 bridgehead atoms. The lowest BCUT2D eigenvalue weighted by molar-refractivity contribution is -0.116. The number of aromatic nitrogens is 3. The first-order chi connectivity index (χ1) is 5.33. The summed E-state index contributed by atoms with van der Waals surface area (Å²) in [7, 11) is 0. The van der Waals surface area contributed by atoms with Gasteiger partial charge < -0.3 is 5.32 Å². The third kappa shape index (κ3) is 2.37. The van der Waals surface area contributed by atoms with E-state index in [0.717, 1.165) is 6.42 Å². The highest BCUT2D eigenvalue weighted by Gasteiger charge is 2.00. The molecule has 1 rings (SSSR count). The standard InChI is InChI=1S/C6H10N4O/c1-2-3-6(11)8-5-4-7-10-9-5/h4H,2-3H2,1H3,(H2,7,8,9,10,11). The fourth-order valence-corrected chi connectivity index (χ4v) is 0.694. The maximum Gasteiger partial charge on any atom is 0.225 e. The Hall–Kier alpha value is -1.39. The van der Waals surface area contributed by atoms with Gasteiger partial charge in [0.05, 0.1) is 6.20 Å². The predicted molar refractivity (Wildman–Crippen MR) is 39.9 cm³/mol. The molecule has 0 saturated carbocycles. The lowest BCUT2D eigenvalue weighted by Gasteiger charge is -1.96. The van der Waals surface area contributed by atoms with Gasteiger partial charge in [-0.3, -0.25) is 4.79 Å². The van der Waals surface area contributed by atoms with E-state index in [2.05, 4.69) is 20.7 Å². The largest absolute Gasteiger partial charge is 0.308 e. The molecular weight excluding hydrogens is 144 g/mol. The molecule has 0 unspecified atom stereocenters. The number of aromatic amines is 1. The Kier molecular flexibility index (Phi) is 2.59. The van der Waals surface area contributed by atoms with Crippen LogP contribution < -0.4 is 5.32 Å². The Morgan fingerprint density at radius 2 is 2.64 bits per heavy atom. The normalized spacial score (nSPS) is 9.55. The van der Waals surface area contributed by atoms with Crippen LogP contribution in [0.5, 0.6) is 0 Å². The van der Waals surface area contributed by atoms with E-state index in [1.807, 2.05) is 6.92 Å². The summed E-state index contributed by atoms with van der Waals surface area (Å²) in [5.41, 5.74) is 0. The molecule has 0 radical (unpaired) electrons. The van der Waals surface area contributed by atoms with Crippen LogP contribution in [0, 0.1) is 0 Å². The van der Waals surface area contributed by atoms with Crippen LogP contribution in [0.1, 0.15) is 19.8 Å². The molecule has 0 aliphatic heterocycles. The molecule has 0 aromatic carbocycles. The van der Waals surface area contributed by atoms with Gasteiger partial charge in [0, 0.05) is 6.42 Å². The van der Waals surface area contributed by atoms with Crippen molar-refractivity contribution in [2.24, 2.45) is 0 Å². The average Bonchev–Trinajstić information content (AvgIpc) is 2.40. The summed E-state index contributed by atoms with van der Waals surface area (Å²) < 4.78 is 0. The monoisotopic (exact) mass is 154 g/mol. The number of anilines is 1. The molecule has 2 N–H and O–H groups in total. The maximum absolute atomic E-state index is 10.9. The Labute approximate surface area is 64.2 Å². The second-order valence-electron chi connectivity index (χ2n) is 2.15. The zero-order valence-electron chi connectivity index (χ0n) is 6.29. The zero-order valence-corrected chi connectivity index (χ0v) is 6.29. The van der Waals surface area contributed by atoms with Gasteiger partial charge in [0.15, 0.2) is 5.82 Å². The van der Waals surface area contributed by atoms with Crippen LogP contribution in [-0.2, 0) is 4.79 Å². The van der Waals surface area contributed by atoms with Gasteiger partial charge in [-0.1, -0.05) is 6.92 Å². The highest BCUT2D eigenvalue weighted by Crippen LogP contribution is 1.97. The van der Waals surface area contributed by atoms with Crippen LogP contribution in [0.15, 0.2) is 6.20 Å². The van der Waals surface area contributed by atoms with Gasteiger partial charge in [-0.2, -0.15) is 10.3 Å². The Morgan fingerprint density at radius 3 is 3.18 bits per heavy atom. The van der Waals surface area contributed by atoms with Crippen LogP contribution in [-0.4, -0.2) is 21.3 Å². The van der Waals surface area contributed by atoms with Crippen molar-refractivity contribution >= 4 is 11.7 Å². The SMILES string of the molecule is CCCC(=O)Nc1cn[nH]n1. The van der Waals surface area contributed by atoms with E-state index >= 15 is 0 Å². The van der Waals surface area contributed by atoms with Crippen LogP contribution in [0.4, 0.5) is 5.82 Å². The summed E-state index contributed by atoms with van der Waals surface area (Å²) in [4.78, 5) is 10.9. The summed E-state index contributed by atoms with van der Waals surface area (Å²) in [6.07, 6.45) is 2.82. The number of hydrogen-bond acceptors (Lipinski definition) is 3. The average molecular weight is 154 g/mol. The summed E-state index contributed by atoms with van der Waals surface area (Å²) >= 11 is 0. The minimum absolute atomic E-state index is 0.0265. The minimum atomic E-state index is -0.0265. The number of carbonyl (C=O) groups excluding carboxylic acids is 1. The zero-order chi connectivity index (χ0) is 8.10. The first-order valence-electron chi connectivity index (χ1n) is 3.48. The lowest BCUT2D eigenvalue weighted by Crippen LogP contribution is -2.10. The van der Waals surface area contributed by atoms with E-state index in [1.54, 1.807) is 0 Å².